The van der Waals surface area contributed by atoms with E-state index in [0.29, 0.717) is 4.90 Å². The minimum Gasteiger partial charge on any atom is -0.502 e. The number of aromatic hydroxyl groups is 2. The average molecular weight is 307 g/mol. The van der Waals surface area contributed by atoms with Gasteiger partial charge in [0.25, 0.3) is 5.88 Å². The fraction of sp³-hybridized carbons (Fsp3) is 0.400. The average Bonchev–Trinajstić information content (AvgIpc) is 2.35. The Bertz CT molecular complexity index is 631. The molecule has 1 aliphatic heterocycles. The number of aromatic nitrogens is 1. The van der Waals surface area contributed by atoms with Gasteiger partial charge in [-0.3, -0.25) is 14.9 Å². The molecule has 0 radical (unpaired) electrons. The smallest absolute Gasteiger partial charge is 0.471 e. The van der Waals surface area contributed by atoms with Crippen molar-refractivity contribution in [1.29, 1.82) is 0 Å². The second kappa shape index (κ2) is 4.75. The van der Waals surface area contributed by atoms with Crippen molar-refractivity contribution >= 4 is 11.6 Å². The number of nitro groups is 1. The van der Waals surface area contributed by atoms with Crippen molar-refractivity contribution in [1.82, 2.24) is 9.88 Å². The maximum Gasteiger partial charge on any atom is 0.471 e. The van der Waals surface area contributed by atoms with Crippen molar-refractivity contribution in [3.63, 3.8) is 0 Å². The van der Waals surface area contributed by atoms with Crippen LogP contribution in [0.3, 0.4) is 0 Å². The first-order chi connectivity index (χ1) is 9.62. The molecule has 21 heavy (non-hydrogen) atoms. The molecule has 0 spiro atoms. The SMILES string of the molecule is O=C(N1CCc2c(nc(O)c([N+](=O)[O-])c2O)C1)C(F)(F)F. The van der Waals surface area contributed by atoms with Crippen molar-refractivity contribution in [2.45, 2.75) is 19.1 Å². The number of amides is 1. The molecule has 1 aromatic rings. The van der Waals surface area contributed by atoms with Gasteiger partial charge < -0.3 is 15.1 Å². The lowest BCUT2D eigenvalue weighted by Crippen LogP contribution is -2.44. The molecule has 0 unspecified atom stereocenters. The number of nitrogens with zero attached hydrogens (tertiary/aromatic N) is 3. The van der Waals surface area contributed by atoms with E-state index in [0.717, 1.165) is 0 Å². The molecule has 1 aliphatic rings. The zero-order valence-corrected chi connectivity index (χ0v) is 10.2. The summed E-state index contributed by atoms with van der Waals surface area (Å²) in [4.78, 5) is 24.6. The van der Waals surface area contributed by atoms with Gasteiger partial charge in [0.1, 0.15) is 0 Å². The van der Waals surface area contributed by atoms with E-state index in [2.05, 4.69) is 4.98 Å². The number of pyridine rings is 1. The fourth-order valence-corrected chi connectivity index (χ4v) is 2.05. The van der Waals surface area contributed by atoms with Crippen LogP contribution in [0.1, 0.15) is 11.3 Å². The van der Waals surface area contributed by atoms with Gasteiger partial charge in [0.2, 0.25) is 5.75 Å². The van der Waals surface area contributed by atoms with E-state index in [1.165, 1.54) is 0 Å². The third-order valence-corrected chi connectivity index (χ3v) is 3.00. The van der Waals surface area contributed by atoms with E-state index in [1.54, 1.807) is 0 Å². The molecule has 2 rings (SSSR count). The molecule has 2 N–H and O–H groups in total. The predicted octanol–water partition coefficient (Wildman–Crippen LogP) is 0.848. The molecule has 0 fully saturated rings. The number of fused-ring (bicyclic) bond motifs is 1. The highest BCUT2D eigenvalue weighted by Crippen LogP contribution is 2.40. The number of rotatable bonds is 1. The van der Waals surface area contributed by atoms with Crippen LogP contribution in [0.4, 0.5) is 18.9 Å². The van der Waals surface area contributed by atoms with Crippen LogP contribution >= 0.6 is 0 Å². The second-order valence-corrected chi connectivity index (χ2v) is 4.29. The summed E-state index contributed by atoms with van der Waals surface area (Å²) in [5.41, 5.74) is -1.27. The van der Waals surface area contributed by atoms with E-state index < -0.39 is 40.9 Å². The summed E-state index contributed by atoms with van der Waals surface area (Å²) in [7, 11) is 0. The fourth-order valence-electron chi connectivity index (χ4n) is 2.05. The van der Waals surface area contributed by atoms with E-state index in [9.17, 15) is 38.3 Å². The summed E-state index contributed by atoms with van der Waals surface area (Å²) in [5, 5.41) is 29.7. The van der Waals surface area contributed by atoms with Gasteiger partial charge in [-0.15, -0.1) is 0 Å². The topological polar surface area (TPSA) is 117 Å². The van der Waals surface area contributed by atoms with Gasteiger partial charge in [-0.1, -0.05) is 0 Å². The quantitative estimate of drug-likeness (QED) is 0.586. The lowest BCUT2D eigenvalue weighted by atomic mass is 10.0. The van der Waals surface area contributed by atoms with Crippen LogP contribution < -0.4 is 0 Å². The normalized spacial score (nSPS) is 14.7. The van der Waals surface area contributed by atoms with Gasteiger partial charge >= 0.3 is 17.8 Å². The molecule has 8 nitrogen and oxygen atoms in total. The van der Waals surface area contributed by atoms with Crippen LogP contribution in [0, 0.1) is 10.1 Å². The molecular formula is C10H8F3N3O5. The Kier molecular flexibility index (Phi) is 3.35. The molecular weight excluding hydrogens is 299 g/mol. The van der Waals surface area contributed by atoms with Crippen LogP contribution in [0.2, 0.25) is 0 Å². The van der Waals surface area contributed by atoms with Gasteiger partial charge in [0.15, 0.2) is 0 Å². The molecule has 0 atom stereocenters. The first kappa shape index (κ1) is 14.8. The molecule has 11 heteroatoms. The third kappa shape index (κ3) is 2.53. The largest absolute Gasteiger partial charge is 0.502 e. The van der Waals surface area contributed by atoms with E-state index in [4.69, 9.17) is 0 Å². The van der Waals surface area contributed by atoms with Crippen LogP contribution in [0.5, 0.6) is 11.6 Å². The maximum absolute atomic E-state index is 12.3. The summed E-state index contributed by atoms with van der Waals surface area (Å²) in [6.45, 7) is -0.977. The van der Waals surface area contributed by atoms with Crippen molar-refractivity contribution < 1.29 is 33.1 Å². The number of alkyl halides is 3. The molecule has 114 valence electrons. The van der Waals surface area contributed by atoms with Crippen LogP contribution in [0.15, 0.2) is 0 Å². The number of carbonyl (C=O) groups excluding carboxylic acids is 1. The van der Waals surface area contributed by atoms with Crippen molar-refractivity contribution in [2.75, 3.05) is 6.54 Å². The highest BCUT2D eigenvalue weighted by Gasteiger charge is 2.44. The monoisotopic (exact) mass is 307 g/mol. The summed E-state index contributed by atoms with van der Waals surface area (Å²) in [5.74, 6) is -4.04. The molecule has 0 aliphatic carbocycles. The van der Waals surface area contributed by atoms with E-state index >= 15 is 0 Å². The zero-order valence-electron chi connectivity index (χ0n) is 10.2. The number of halogens is 3. The van der Waals surface area contributed by atoms with Gasteiger partial charge in [0.05, 0.1) is 17.2 Å². The Morgan fingerprint density at radius 2 is 2.00 bits per heavy atom. The van der Waals surface area contributed by atoms with Crippen LogP contribution in [-0.2, 0) is 17.8 Å². The Morgan fingerprint density at radius 3 is 2.52 bits per heavy atom. The summed E-state index contributed by atoms with van der Waals surface area (Å²) in [6, 6.07) is 0. The molecule has 0 saturated heterocycles. The zero-order chi connectivity index (χ0) is 15.9. The van der Waals surface area contributed by atoms with Crippen molar-refractivity contribution in [3.8, 4) is 11.6 Å². The Labute approximate surface area is 114 Å². The minimum atomic E-state index is -5.05. The maximum atomic E-state index is 12.3. The van der Waals surface area contributed by atoms with E-state index in [1.807, 2.05) is 0 Å². The van der Waals surface area contributed by atoms with Gasteiger partial charge in [-0.25, -0.2) is 4.98 Å². The summed E-state index contributed by atoms with van der Waals surface area (Å²) >= 11 is 0. The van der Waals surface area contributed by atoms with Gasteiger partial charge in [0, 0.05) is 12.1 Å². The lowest BCUT2D eigenvalue weighted by molar-refractivity contribution is -0.387. The summed E-state index contributed by atoms with van der Waals surface area (Å²) in [6.07, 6.45) is -5.29. The molecule has 0 saturated carbocycles. The van der Waals surface area contributed by atoms with Crippen molar-refractivity contribution in [3.05, 3.63) is 21.4 Å². The molecule has 0 aromatic carbocycles. The number of hydrogen-bond donors (Lipinski definition) is 2. The van der Waals surface area contributed by atoms with Crippen molar-refractivity contribution in [2.24, 2.45) is 0 Å². The van der Waals surface area contributed by atoms with Crippen LogP contribution in [0.25, 0.3) is 0 Å². The summed E-state index contributed by atoms with van der Waals surface area (Å²) < 4.78 is 37.0. The molecule has 1 amide bonds. The van der Waals surface area contributed by atoms with Gasteiger partial charge in [-0.05, 0) is 6.42 Å². The van der Waals surface area contributed by atoms with E-state index in [-0.39, 0.29) is 24.2 Å². The second-order valence-electron chi connectivity index (χ2n) is 4.29. The standard InChI is InChI=1S/C10H8F3N3O5/c11-10(12,13)9(19)15-2-1-4-5(3-15)14-8(18)6(7(4)17)16(20)21/h1-3H2,(H2,14,17,18). The van der Waals surface area contributed by atoms with Crippen LogP contribution in [-0.4, -0.2) is 43.6 Å². The molecule has 1 aromatic heterocycles. The third-order valence-electron chi connectivity index (χ3n) is 3.00. The Balaban J connectivity index is 2.40. The predicted molar refractivity (Wildman–Crippen MR) is 59.4 cm³/mol. The number of hydrogen-bond acceptors (Lipinski definition) is 6. The minimum absolute atomic E-state index is 0.0503. The first-order valence-corrected chi connectivity index (χ1v) is 5.57. The molecule has 2 heterocycles. The molecule has 0 bridgehead atoms. The highest BCUT2D eigenvalue weighted by atomic mass is 19.4. The Morgan fingerprint density at radius 1 is 1.38 bits per heavy atom. The Hall–Kier alpha value is -2.59. The van der Waals surface area contributed by atoms with Gasteiger partial charge in [-0.2, -0.15) is 13.2 Å². The first-order valence-electron chi connectivity index (χ1n) is 5.57. The lowest BCUT2D eigenvalue weighted by Gasteiger charge is -2.28. The highest BCUT2D eigenvalue weighted by molar-refractivity contribution is 5.82. The number of carbonyl (C=O) groups is 1.